The molecule has 0 atom stereocenters. The van der Waals surface area contributed by atoms with Crippen molar-refractivity contribution in [2.24, 2.45) is 0 Å². The van der Waals surface area contributed by atoms with Crippen LogP contribution in [0.2, 0.25) is 0 Å². The normalized spacial score (nSPS) is 15.5. The molecule has 0 bridgehead atoms. The highest BCUT2D eigenvalue weighted by molar-refractivity contribution is 9.10. The number of thiazole rings is 1. The van der Waals surface area contributed by atoms with Gasteiger partial charge in [0, 0.05) is 32.1 Å². The second-order valence-corrected chi connectivity index (χ2v) is 7.77. The Morgan fingerprint density at radius 3 is 2.76 bits per heavy atom. The number of halogens is 1. The molecule has 1 aliphatic rings. The van der Waals surface area contributed by atoms with Crippen LogP contribution in [-0.4, -0.2) is 40.0 Å². The van der Waals surface area contributed by atoms with Gasteiger partial charge in [-0.3, -0.25) is 4.79 Å². The van der Waals surface area contributed by atoms with Gasteiger partial charge in [-0.05, 0) is 40.2 Å². The largest absolute Gasteiger partial charge is 0.473 e. The lowest BCUT2D eigenvalue weighted by atomic mass is 10.1. The maximum Gasteiger partial charge on any atom is 0.282 e. The van der Waals surface area contributed by atoms with Crippen LogP contribution < -0.4 is 4.74 Å². The van der Waals surface area contributed by atoms with E-state index in [9.17, 15) is 4.79 Å². The van der Waals surface area contributed by atoms with Crippen molar-refractivity contribution in [1.82, 2.24) is 14.9 Å². The SMILES string of the molecule is O=C(c1nc2ccccc2s1)N1CCC(Oc2ncccc2Br)CC1. The van der Waals surface area contributed by atoms with Crippen LogP contribution in [0.25, 0.3) is 10.2 Å². The number of benzene rings is 1. The molecule has 3 aromatic rings. The average Bonchev–Trinajstić information content (AvgIpc) is 3.08. The summed E-state index contributed by atoms with van der Waals surface area (Å²) >= 11 is 4.90. The van der Waals surface area contributed by atoms with Crippen molar-refractivity contribution in [3.05, 3.63) is 52.1 Å². The zero-order chi connectivity index (χ0) is 17.2. The molecule has 0 spiro atoms. The highest BCUT2D eigenvalue weighted by atomic mass is 79.9. The predicted molar refractivity (Wildman–Crippen MR) is 101 cm³/mol. The van der Waals surface area contributed by atoms with Crippen molar-refractivity contribution < 1.29 is 9.53 Å². The first-order valence-corrected chi connectivity index (χ1v) is 9.73. The molecule has 4 rings (SSSR count). The Hall–Kier alpha value is -1.99. The molecule has 0 saturated carbocycles. The lowest BCUT2D eigenvalue weighted by Gasteiger charge is -2.31. The summed E-state index contributed by atoms with van der Waals surface area (Å²) < 4.78 is 7.85. The monoisotopic (exact) mass is 417 g/mol. The van der Waals surface area contributed by atoms with E-state index in [1.54, 1.807) is 6.20 Å². The first-order valence-electron chi connectivity index (χ1n) is 8.13. The molecule has 1 aromatic carbocycles. The lowest BCUT2D eigenvalue weighted by molar-refractivity contribution is 0.0586. The molecule has 2 aromatic heterocycles. The number of rotatable bonds is 3. The van der Waals surface area contributed by atoms with Crippen LogP contribution in [0.5, 0.6) is 5.88 Å². The molecule has 0 radical (unpaired) electrons. The number of likely N-dealkylation sites (tertiary alicyclic amines) is 1. The predicted octanol–water partition coefficient (Wildman–Crippen LogP) is 4.14. The zero-order valence-electron chi connectivity index (χ0n) is 13.4. The van der Waals surface area contributed by atoms with Gasteiger partial charge in [0.25, 0.3) is 5.91 Å². The second kappa shape index (κ2) is 7.09. The molecule has 0 aliphatic carbocycles. The fourth-order valence-corrected chi connectivity index (χ4v) is 4.17. The molecular weight excluding hydrogens is 402 g/mol. The lowest BCUT2D eigenvalue weighted by Crippen LogP contribution is -2.41. The summed E-state index contributed by atoms with van der Waals surface area (Å²) in [5.74, 6) is 0.622. The number of amides is 1. The van der Waals surface area contributed by atoms with Crippen molar-refractivity contribution in [3.63, 3.8) is 0 Å². The van der Waals surface area contributed by atoms with Gasteiger partial charge < -0.3 is 9.64 Å². The quantitative estimate of drug-likeness (QED) is 0.642. The number of hydrogen-bond donors (Lipinski definition) is 0. The van der Waals surface area contributed by atoms with E-state index in [0.29, 0.717) is 24.0 Å². The summed E-state index contributed by atoms with van der Waals surface area (Å²) in [4.78, 5) is 23.3. The number of nitrogens with zero attached hydrogens (tertiary/aromatic N) is 3. The van der Waals surface area contributed by atoms with Gasteiger partial charge in [-0.2, -0.15) is 0 Å². The molecular formula is C18H16BrN3O2S. The van der Waals surface area contributed by atoms with Crippen LogP contribution in [0.3, 0.4) is 0 Å². The van der Waals surface area contributed by atoms with Crippen molar-refractivity contribution in [2.75, 3.05) is 13.1 Å². The summed E-state index contributed by atoms with van der Waals surface area (Å²) in [5.41, 5.74) is 0.883. The molecule has 1 aliphatic heterocycles. The Labute approximate surface area is 157 Å². The minimum atomic E-state index is 0.0127. The van der Waals surface area contributed by atoms with E-state index in [4.69, 9.17) is 4.74 Å². The van der Waals surface area contributed by atoms with Crippen LogP contribution in [0, 0.1) is 0 Å². The number of fused-ring (bicyclic) bond motifs is 1. The number of aromatic nitrogens is 2. The van der Waals surface area contributed by atoms with Crippen molar-refractivity contribution >= 4 is 43.4 Å². The Kier molecular flexibility index (Phi) is 4.67. The summed E-state index contributed by atoms with van der Waals surface area (Å²) in [5, 5.41) is 0.563. The Morgan fingerprint density at radius 2 is 2.00 bits per heavy atom. The molecule has 7 heteroatoms. The summed E-state index contributed by atoms with van der Waals surface area (Å²) in [6.45, 7) is 1.34. The zero-order valence-corrected chi connectivity index (χ0v) is 15.8. The third-order valence-electron chi connectivity index (χ3n) is 4.21. The first kappa shape index (κ1) is 16.5. The number of carbonyl (C=O) groups is 1. The molecule has 128 valence electrons. The maximum atomic E-state index is 12.7. The fraction of sp³-hybridized carbons (Fsp3) is 0.278. The minimum Gasteiger partial charge on any atom is -0.473 e. The number of hydrogen-bond acceptors (Lipinski definition) is 5. The van der Waals surface area contributed by atoms with Crippen LogP contribution in [0.4, 0.5) is 0 Å². The molecule has 0 N–H and O–H groups in total. The highest BCUT2D eigenvalue weighted by Crippen LogP contribution is 2.27. The van der Waals surface area contributed by atoms with Gasteiger partial charge in [0.2, 0.25) is 5.88 Å². The van der Waals surface area contributed by atoms with Gasteiger partial charge in [0.05, 0.1) is 14.7 Å². The fourth-order valence-electron chi connectivity index (χ4n) is 2.89. The molecule has 1 saturated heterocycles. The van der Waals surface area contributed by atoms with Crippen molar-refractivity contribution in [2.45, 2.75) is 18.9 Å². The first-order chi connectivity index (χ1) is 12.2. The summed E-state index contributed by atoms with van der Waals surface area (Å²) in [6.07, 6.45) is 3.37. The number of para-hydroxylation sites is 1. The highest BCUT2D eigenvalue weighted by Gasteiger charge is 2.27. The van der Waals surface area contributed by atoms with Gasteiger partial charge >= 0.3 is 0 Å². The van der Waals surface area contributed by atoms with Crippen LogP contribution in [0.15, 0.2) is 47.1 Å². The second-order valence-electron chi connectivity index (χ2n) is 5.89. The van der Waals surface area contributed by atoms with Gasteiger partial charge in [-0.1, -0.05) is 12.1 Å². The maximum absolute atomic E-state index is 12.7. The summed E-state index contributed by atoms with van der Waals surface area (Å²) in [6, 6.07) is 11.6. The molecule has 25 heavy (non-hydrogen) atoms. The third kappa shape index (κ3) is 3.52. The Morgan fingerprint density at radius 1 is 1.20 bits per heavy atom. The van der Waals surface area contributed by atoms with Crippen LogP contribution >= 0.6 is 27.3 Å². The standard InChI is InChI=1S/C18H16BrN3O2S/c19-13-4-3-9-20-16(13)24-12-7-10-22(11-8-12)18(23)17-21-14-5-1-2-6-15(14)25-17/h1-6,9,12H,7-8,10-11H2. The van der Waals surface area contributed by atoms with E-state index in [0.717, 1.165) is 27.5 Å². The Balaban J connectivity index is 1.39. The van der Waals surface area contributed by atoms with Crippen molar-refractivity contribution in [3.8, 4) is 5.88 Å². The molecule has 3 heterocycles. The van der Waals surface area contributed by atoms with E-state index in [1.807, 2.05) is 41.3 Å². The summed E-state index contributed by atoms with van der Waals surface area (Å²) in [7, 11) is 0. The van der Waals surface area contributed by atoms with Crippen LogP contribution in [-0.2, 0) is 0 Å². The van der Waals surface area contributed by atoms with Gasteiger partial charge in [-0.25, -0.2) is 9.97 Å². The molecule has 5 nitrogen and oxygen atoms in total. The van der Waals surface area contributed by atoms with Gasteiger partial charge in [0.1, 0.15) is 6.10 Å². The van der Waals surface area contributed by atoms with Crippen molar-refractivity contribution in [1.29, 1.82) is 0 Å². The van der Waals surface area contributed by atoms with E-state index in [-0.39, 0.29) is 12.0 Å². The molecule has 1 fully saturated rings. The average molecular weight is 418 g/mol. The van der Waals surface area contributed by atoms with Gasteiger partial charge in [-0.15, -0.1) is 11.3 Å². The number of carbonyl (C=O) groups excluding carboxylic acids is 1. The van der Waals surface area contributed by atoms with E-state index in [1.165, 1.54) is 11.3 Å². The minimum absolute atomic E-state index is 0.0127. The van der Waals surface area contributed by atoms with E-state index in [2.05, 4.69) is 25.9 Å². The smallest absolute Gasteiger partial charge is 0.282 e. The third-order valence-corrected chi connectivity index (χ3v) is 5.84. The number of ether oxygens (including phenoxy) is 1. The molecule has 1 amide bonds. The number of pyridine rings is 1. The van der Waals surface area contributed by atoms with Crippen LogP contribution in [0.1, 0.15) is 22.6 Å². The van der Waals surface area contributed by atoms with E-state index >= 15 is 0 Å². The number of piperidine rings is 1. The van der Waals surface area contributed by atoms with Gasteiger partial charge in [0.15, 0.2) is 5.01 Å². The molecule has 0 unspecified atom stereocenters. The Bertz CT molecular complexity index is 873. The van der Waals surface area contributed by atoms with E-state index < -0.39 is 0 Å². The topological polar surface area (TPSA) is 55.3 Å².